The monoisotopic (exact) mass is 313 g/mol. The molecule has 0 unspecified atom stereocenters. The third kappa shape index (κ3) is 4.44. The topological polar surface area (TPSA) is 57.7 Å². The first-order valence-corrected chi connectivity index (χ1v) is 5.79. The average molecular weight is 314 g/mol. The second-order valence-electron chi connectivity index (χ2n) is 3.53. The first-order chi connectivity index (χ1) is 9.30. The van der Waals surface area contributed by atoms with Crippen molar-refractivity contribution < 1.29 is 32.2 Å². The molecule has 9 heteroatoms. The maximum Gasteiger partial charge on any atom is 0.574 e. The van der Waals surface area contributed by atoms with E-state index >= 15 is 0 Å². The average Bonchev–Trinajstić information content (AvgIpc) is 2.35. The van der Waals surface area contributed by atoms with Crippen LogP contribution < -0.4 is 9.47 Å². The summed E-state index contributed by atoms with van der Waals surface area (Å²) in [6.45, 7) is 0. The fourth-order valence-electron chi connectivity index (χ4n) is 1.46. The van der Waals surface area contributed by atoms with Crippen LogP contribution in [0.15, 0.2) is 6.07 Å². The maximum atomic E-state index is 12.2. The number of carbonyl (C=O) groups excluding carboxylic acids is 1. The van der Waals surface area contributed by atoms with Gasteiger partial charge in [0.25, 0.3) is 0 Å². The van der Waals surface area contributed by atoms with E-state index in [0.717, 1.165) is 13.2 Å². The molecule has 0 aliphatic carbocycles. The van der Waals surface area contributed by atoms with Crippen LogP contribution in [0.1, 0.15) is 11.3 Å². The number of esters is 1. The van der Waals surface area contributed by atoms with Gasteiger partial charge >= 0.3 is 12.3 Å². The zero-order valence-corrected chi connectivity index (χ0v) is 11.3. The highest BCUT2D eigenvalue weighted by Crippen LogP contribution is 2.30. The van der Waals surface area contributed by atoms with Gasteiger partial charge in [0.05, 0.1) is 32.2 Å². The Morgan fingerprint density at radius 1 is 1.40 bits per heavy atom. The van der Waals surface area contributed by atoms with Gasteiger partial charge in [0.15, 0.2) is 0 Å². The smallest absolute Gasteiger partial charge is 0.494 e. The Morgan fingerprint density at radius 3 is 2.50 bits per heavy atom. The molecule has 112 valence electrons. The van der Waals surface area contributed by atoms with Crippen molar-refractivity contribution in [1.29, 1.82) is 0 Å². The number of carbonyl (C=O) groups is 1. The van der Waals surface area contributed by atoms with Gasteiger partial charge in [-0.1, -0.05) is 0 Å². The van der Waals surface area contributed by atoms with E-state index in [0.29, 0.717) is 0 Å². The number of alkyl halides is 4. The number of hydrogen-bond acceptors (Lipinski definition) is 5. The lowest BCUT2D eigenvalue weighted by atomic mass is 10.1. The number of rotatable bonds is 5. The lowest BCUT2D eigenvalue weighted by molar-refractivity contribution is -0.276. The van der Waals surface area contributed by atoms with Gasteiger partial charge in [-0.2, -0.15) is 0 Å². The third-order valence-corrected chi connectivity index (χ3v) is 2.49. The highest BCUT2D eigenvalue weighted by Gasteiger charge is 2.32. The zero-order chi connectivity index (χ0) is 15.3. The second-order valence-corrected chi connectivity index (χ2v) is 3.80. The van der Waals surface area contributed by atoms with Crippen molar-refractivity contribution in [3.63, 3.8) is 0 Å². The molecule has 0 amide bonds. The Bertz CT molecular complexity index is 493. The van der Waals surface area contributed by atoms with Gasteiger partial charge in [0.2, 0.25) is 5.88 Å². The lowest BCUT2D eigenvalue weighted by Gasteiger charge is -2.14. The molecule has 0 aromatic carbocycles. The molecule has 0 fully saturated rings. The summed E-state index contributed by atoms with van der Waals surface area (Å²) in [7, 11) is 2.44. The van der Waals surface area contributed by atoms with E-state index in [1.807, 2.05) is 0 Å². The van der Waals surface area contributed by atoms with E-state index in [1.54, 1.807) is 0 Å². The van der Waals surface area contributed by atoms with Crippen LogP contribution >= 0.6 is 11.6 Å². The molecular weight excluding hydrogens is 303 g/mol. The van der Waals surface area contributed by atoms with Crippen LogP contribution in [0.4, 0.5) is 13.2 Å². The molecule has 1 aromatic heterocycles. The highest BCUT2D eigenvalue weighted by atomic mass is 35.5. The number of methoxy groups -OCH3 is 2. The highest BCUT2D eigenvalue weighted by molar-refractivity contribution is 6.17. The van der Waals surface area contributed by atoms with Crippen LogP contribution in [-0.4, -0.2) is 31.5 Å². The molecule has 1 heterocycles. The van der Waals surface area contributed by atoms with Crippen LogP contribution in [0, 0.1) is 0 Å². The number of hydrogen-bond donors (Lipinski definition) is 0. The van der Waals surface area contributed by atoms with Gasteiger partial charge in [-0.3, -0.25) is 4.79 Å². The van der Waals surface area contributed by atoms with Crippen molar-refractivity contribution in [2.24, 2.45) is 0 Å². The molecule has 0 saturated heterocycles. The normalized spacial score (nSPS) is 11.1. The molecule has 0 atom stereocenters. The predicted molar refractivity (Wildman–Crippen MR) is 62.7 cm³/mol. The van der Waals surface area contributed by atoms with E-state index in [-0.39, 0.29) is 29.3 Å². The largest absolute Gasteiger partial charge is 0.574 e. The molecule has 20 heavy (non-hydrogen) atoms. The Morgan fingerprint density at radius 2 is 2.05 bits per heavy atom. The minimum Gasteiger partial charge on any atom is -0.494 e. The molecule has 1 aromatic rings. The Balaban J connectivity index is 3.23. The van der Waals surface area contributed by atoms with Gasteiger partial charge in [-0.15, -0.1) is 24.8 Å². The third-order valence-electron chi connectivity index (χ3n) is 2.20. The van der Waals surface area contributed by atoms with Crippen LogP contribution in [-0.2, 0) is 21.8 Å². The molecule has 0 saturated carbocycles. The lowest BCUT2D eigenvalue weighted by Crippen LogP contribution is -2.19. The van der Waals surface area contributed by atoms with Gasteiger partial charge in [-0.05, 0) is 0 Å². The standard InChI is InChI=1S/C11H11ClF3NO4/c1-18-9(17)4-7-10(19-2)6(5-12)3-8(16-7)20-11(13,14)15/h3H,4-5H2,1-2H3. The maximum absolute atomic E-state index is 12.2. The van der Waals surface area contributed by atoms with Crippen molar-refractivity contribution in [2.75, 3.05) is 14.2 Å². The number of aromatic nitrogens is 1. The summed E-state index contributed by atoms with van der Waals surface area (Å²) in [5.41, 5.74) is 0.180. The molecule has 0 aliphatic rings. The summed E-state index contributed by atoms with van der Waals surface area (Å²) in [6, 6.07) is 1.00. The molecular formula is C11H11ClF3NO4. The van der Waals surface area contributed by atoms with Crippen LogP contribution in [0.3, 0.4) is 0 Å². The summed E-state index contributed by atoms with van der Waals surface area (Å²) < 4.78 is 49.8. The number of nitrogens with zero attached hydrogens (tertiary/aromatic N) is 1. The first-order valence-electron chi connectivity index (χ1n) is 5.26. The molecule has 5 nitrogen and oxygen atoms in total. The van der Waals surface area contributed by atoms with Crippen molar-refractivity contribution in [2.45, 2.75) is 18.7 Å². The van der Waals surface area contributed by atoms with Crippen molar-refractivity contribution in [3.05, 3.63) is 17.3 Å². The van der Waals surface area contributed by atoms with Crippen LogP contribution in [0.2, 0.25) is 0 Å². The van der Waals surface area contributed by atoms with E-state index in [2.05, 4.69) is 14.5 Å². The van der Waals surface area contributed by atoms with E-state index < -0.39 is 18.2 Å². The molecule has 1 rings (SSSR count). The number of ether oxygens (including phenoxy) is 3. The molecule has 0 aliphatic heterocycles. The first kappa shape index (κ1) is 16.4. The van der Waals surface area contributed by atoms with Gasteiger partial charge in [0.1, 0.15) is 5.75 Å². The van der Waals surface area contributed by atoms with E-state index in [9.17, 15) is 18.0 Å². The summed E-state index contributed by atoms with van der Waals surface area (Å²) in [6.07, 6.45) is -5.26. The summed E-state index contributed by atoms with van der Waals surface area (Å²) in [4.78, 5) is 14.8. The van der Waals surface area contributed by atoms with Crippen molar-refractivity contribution in [1.82, 2.24) is 4.98 Å². The van der Waals surface area contributed by atoms with Crippen molar-refractivity contribution >= 4 is 17.6 Å². The fraction of sp³-hybridized carbons (Fsp3) is 0.455. The Kier molecular flexibility index (Phi) is 5.43. The number of halogens is 4. The molecule has 0 radical (unpaired) electrons. The predicted octanol–water partition coefficient (Wildman–Crippen LogP) is 2.44. The quantitative estimate of drug-likeness (QED) is 0.617. The SMILES string of the molecule is COC(=O)Cc1nc(OC(F)(F)F)cc(CCl)c1OC. The molecule has 0 N–H and O–H groups in total. The van der Waals surface area contributed by atoms with Gasteiger partial charge < -0.3 is 14.2 Å². The summed E-state index contributed by atoms with van der Waals surface area (Å²) in [5.74, 6) is -1.40. The Labute approximate surface area is 117 Å². The van der Waals surface area contributed by atoms with Crippen molar-refractivity contribution in [3.8, 4) is 11.6 Å². The number of pyridine rings is 1. The summed E-state index contributed by atoms with van der Waals surface area (Å²) in [5, 5.41) is 0. The van der Waals surface area contributed by atoms with Gasteiger partial charge in [-0.25, -0.2) is 4.98 Å². The minimum atomic E-state index is -4.90. The molecule has 0 spiro atoms. The summed E-state index contributed by atoms with van der Waals surface area (Å²) >= 11 is 5.64. The molecule has 0 bridgehead atoms. The van der Waals surface area contributed by atoms with Crippen LogP contribution in [0.25, 0.3) is 0 Å². The van der Waals surface area contributed by atoms with E-state index in [4.69, 9.17) is 16.3 Å². The van der Waals surface area contributed by atoms with E-state index in [1.165, 1.54) is 7.11 Å². The van der Waals surface area contributed by atoms with Crippen LogP contribution in [0.5, 0.6) is 11.6 Å². The minimum absolute atomic E-state index is 0.0447. The zero-order valence-electron chi connectivity index (χ0n) is 10.6. The van der Waals surface area contributed by atoms with Gasteiger partial charge in [0, 0.05) is 11.6 Å². The second kappa shape index (κ2) is 6.65. The fourth-order valence-corrected chi connectivity index (χ4v) is 1.66. The Hall–Kier alpha value is -1.70.